The maximum Gasteiger partial charge on any atom is 0.166 e. The summed E-state index contributed by atoms with van der Waals surface area (Å²) < 4.78 is 10.6. The van der Waals surface area contributed by atoms with E-state index in [-0.39, 0.29) is 6.29 Å². The van der Waals surface area contributed by atoms with E-state index in [0.717, 1.165) is 25.4 Å². The smallest absolute Gasteiger partial charge is 0.166 e. The molecule has 1 fully saturated rings. The second-order valence-electron chi connectivity index (χ2n) is 1.98. The van der Waals surface area contributed by atoms with Crippen LogP contribution in [0.2, 0.25) is 0 Å². The molecule has 1 saturated heterocycles. The minimum atomic E-state index is 0.0637. The summed E-state index contributed by atoms with van der Waals surface area (Å²) in [6, 6.07) is 0. The van der Waals surface area contributed by atoms with Gasteiger partial charge in [0.05, 0.1) is 13.2 Å². The Bertz CT molecular complexity index is 68.7. The first-order valence-corrected chi connectivity index (χ1v) is 4.55. The van der Waals surface area contributed by atoms with Gasteiger partial charge >= 0.3 is 0 Å². The number of hydrogen-bond acceptors (Lipinski definition) is 3. The van der Waals surface area contributed by atoms with Crippen molar-refractivity contribution in [2.45, 2.75) is 12.7 Å². The first-order valence-electron chi connectivity index (χ1n) is 3.15. The lowest BCUT2D eigenvalue weighted by Crippen LogP contribution is -2.26. The maximum absolute atomic E-state index is 5.28. The van der Waals surface area contributed by atoms with Crippen molar-refractivity contribution in [3.63, 3.8) is 0 Å². The van der Waals surface area contributed by atoms with Crippen LogP contribution in [-0.4, -0.2) is 31.5 Å². The summed E-state index contributed by atoms with van der Waals surface area (Å²) in [5.74, 6) is 0.958. The highest BCUT2D eigenvalue weighted by Gasteiger charge is 2.11. The molecular weight excluding hydrogens is 136 g/mol. The average molecular weight is 148 g/mol. The highest BCUT2D eigenvalue weighted by molar-refractivity contribution is 7.98. The molecular formula is C6H12O2S. The van der Waals surface area contributed by atoms with Crippen molar-refractivity contribution < 1.29 is 9.47 Å². The van der Waals surface area contributed by atoms with E-state index in [1.54, 1.807) is 11.8 Å². The van der Waals surface area contributed by atoms with Crippen LogP contribution in [0.5, 0.6) is 0 Å². The van der Waals surface area contributed by atoms with Gasteiger partial charge in [-0.15, -0.1) is 0 Å². The van der Waals surface area contributed by atoms with Gasteiger partial charge in [0.15, 0.2) is 6.29 Å². The van der Waals surface area contributed by atoms with Crippen molar-refractivity contribution in [3.8, 4) is 0 Å². The molecule has 1 rings (SSSR count). The Morgan fingerprint density at radius 2 is 2.11 bits per heavy atom. The molecule has 1 aliphatic heterocycles. The minimum absolute atomic E-state index is 0.0637. The predicted octanol–water partition coefficient (Wildman–Crippen LogP) is 1.11. The largest absolute Gasteiger partial charge is 0.352 e. The summed E-state index contributed by atoms with van der Waals surface area (Å²) in [6.07, 6.45) is 3.17. The summed E-state index contributed by atoms with van der Waals surface area (Å²) in [6.45, 7) is 1.73. The van der Waals surface area contributed by atoms with Crippen LogP contribution in [-0.2, 0) is 9.47 Å². The molecule has 0 aromatic rings. The second kappa shape index (κ2) is 4.14. The molecule has 9 heavy (non-hydrogen) atoms. The molecule has 54 valence electrons. The summed E-state index contributed by atoms with van der Waals surface area (Å²) >= 11 is 1.76. The number of thioether (sulfide) groups is 1. The molecule has 0 saturated carbocycles. The van der Waals surface area contributed by atoms with E-state index in [4.69, 9.17) is 9.47 Å². The number of hydrogen-bond donors (Lipinski definition) is 0. The Labute approximate surface area is 59.9 Å². The van der Waals surface area contributed by atoms with Crippen LogP contribution in [0.25, 0.3) is 0 Å². The fraction of sp³-hybridized carbons (Fsp3) is 1.00. The molecule has 0 radical (unpaired) electrons. The summed E-state index contributed by atoms with van der Waals surface area (Å²) in [5, 5.41) is 0. The number of ether oxygens (including phenoxy) is 2. The van der Waals surface area contributed by atoms with E-state index in [0.29, 0.717) is 0 Å². The van der Waals surface area contributed by atoms with E-state index < -0.39 is 0 Å². The molecule has 0 bridgehead atoms. The molecule has 0 aromatic carbocycles. The maximum atomic E-state index is 5.28. The van der Waals surface area contributed by atoms with Gasteiger partial charge in [0.25, 0.3) is 0 Å². The third-order valence-electron chi connectivity index (χ3n) is 1.20. The van der Waals surface area contributed by atoms with Crippen LogP contribution in [0.15, 0.2) is 0 Å². The third kappa shape index (κ3) is 2.56. The fourth-order valence-corrected chi connectivity index (χ4v) is 1.23. The second-order valence-corrected chi connectivity index (χ2v) is 2.89. The Kier molecular flexibility index (Phi) is 3.40. The number of rotatable bonds is 2. The van der Waals surface area contributed by atoms with Crippen molar-refractivity contribution in [3.05, 3.63) is 0 Å². The van der Waals surface area contributed by atoms with Crippen LogP contribution in [0.4, 0.5) is 0 Å². The molecule has 0 aliphatic carbocycles. The minimum Gasteiger partial charge on any atom is -0.352 e. The van der Waals surface area contributed by atoms with E-state index in [1.165, 1.54) is 0 Å². The Balaban J connectivity index is 2.08. The predicted molar refractivity (Wildman–Crippen MR) is 38.7 cm³/mol. The standard InChI is InChI=1S/C6H12O2S/c1-9-5-6-7-3-2-4-8-6/h6H,2-5H2,1H3. The van der Waals surface area contributed by atoms with E-state index >= 15 is 0 Å². The van der Waals surface area contributed by atoms with Gasteiger partial charge in [-0.25, -0.2) is 0 Å². The topological polar surface area (TPSA) is 18.5 Å². The molecule has 0 unspecified atom stereocenters. The van der Waals surface area contributed by atoms with Crippen LogP contribution in [0.3, 0.4) is 0 Å². The van der Waals surface area contributed by atoms with E-state index in [9.17, 15) is 0 Å². The van der Waals surface area contributed by atoms with Gasteiger partial charge in [-0.1, -0.05) is 0 Å². The van der Waals surface area contributed by atoms with Crippen LogP contribution in [0, 0.1) is 0 Å². The lowest BCUT2D eigenvalue weighted by atomic mass is 10.4. The molecule has 0 amide bonds. The summed E-state index contributed by atoms with van der Waals surface area (Å²) in [4.78, 5) is 0. The first kappa shape index (κ1) is 7.38. The van der Waals surface area contributed by atoms with Gasteiger partial charge in [0.2, 0.25) is 0 Å². The highest BCUT2D eigenvalue weighted by Crippen LogP contribution is 2.08. The molecule has 0 N–H and O–H groups in total. The van der Waals surface area contributed by atoms with Crippen molar-refractivity contribution in [1.82, 2.24) is 0 Å². The van der Waals surface area contributed by atoms with Crippen molar-refractivity contribution >= 4 is 11.8 Å². The molecule has 0 atom stereocenters. The Morgan fingerprint density at radius 1 is 1.44 bits per heavy atom. The van der Waals surface area contributed by atoms with E-state index in [2.05, 4.69) is 6.26 Å². The lowest BCUT2D eigenvalue weighted by Gasteiger charge is -2.21. The van der Waals surface area contributed by atoms with Crippen molar-refractivity contribution in [2.24, 2.45) is 0 Å². The van der Waals surface area contributed by atoms with Gasteiger partial charge in [-0.3, -0.25) is 0 Å². The van der Waals surface area contributed by atoms with Gasteiger partial charge in [0.1, 0.15) is 0 Å². The molecule has 1 heterocycles. The van der Waals surface area contributed by atoms with Crippen LogP contribution < -0.4 is 0 Å². The normalized spacial score (nSPS) is 22.3. The zero-order chi connectivity index (χ0) is 6.53. The van der Waals surface area contributed by atoms with Gasteiger partial charge in [-0.05, 0) is 12.7 Å². The van der Waals surface area contributed by atoms with Crippen molar-refractivity contribution in [2.75, 3.05) is 25.2 Å². The molecule has 0 aromatic heterocycles. The SMILES string of the molecule is CSCC1OCCCO1. The molecule has 0 spiro atoms. The zero-order valence-electron chi connectivity index (χ0n) is 5.63. The lowest BCUT2D eigenvalue weighted by molar-refractivity contribution is -0.164. The monoisotopic (exact) mass is 148 g/mol. The molecule has 3 heteroatoms. The van der Waals surface area contributed by atoms with E-state index in [1.807, 2.05) is 0 Å². The zero-order valence-corrected chi connectivity index (χ0v) is 6.45. The molecule has 2 nitrogen and oxygen atoms in total. The average Bonchev–Trinajstić information content (AvgIpc) is 1.91. The Hall–Kier alpha value is 0.270. The third-order valence-corrected chi connectivity index (χ3v) is 1.80. The fourth-order valence-electron chi connectivity index (χ4n) is 0.769. The van der Waals surface area contributed by atoms with Gasteiger partial charge < -0.3 is 9.47 Å². The highest BCUT2D eigenvalue weighted by atomic mass is 32.2. The Morgan fingerprint density at radius 3 is 2.67 bits per heavy atom. The quantitative estimate of drug-likeness (QED) is 0.584. The first-order chi connectivity index (χ1) is 4.43. The van der Waals surface area contributed by atoms with Gasteiger partial charge in [-0.2, -0.15) is 11.8 Å². The van der Waals surface area contributed by atoms with Gasteiger partial charge in [0, 0.05) is 5.75 Å². The summed E-state index contributed by atoms with van der Waals surface area (Å²) in [7, 11) is 0. The summed E-state index contributed by atoms with van der Waals surface area (Å²) in [5.41, 5.74) is 0. The van der Waals surface area contributed by atoms with Crippen LogP contribution >= 0.6 is 11.8 Å². The molecule has 1 aliphatic rings. The van der Waals surface area contributed by atoms with Crippen LogP contribution in [0.1, 0.15) is 6.42 Å². The van der Waals surface area contributed by atoms with Crippen molar-refractivity contribution in [1.29, 1.82) is 0 Å².